The first-order valence-electron chi connectivity index (χ1n) is 10.7. The van der Waals surface area contributed by atoms with Crippen LogP contribution in [0.15, 0.2) is 48.5 Å². The second kappa shape index (κ2) is 7.96. The van der Waals surface area contributed by atoms with Crippen molar-refractivity contribution in [2.45, 2.75) is 38.3 Å². The second-order valence-electron chi connectivity index (χ2n) is 8.29. The summed E-state index contributed by atoms with van der Waals surface area (Å²) in [5.74, 6) is -0.400. The molecule has 0 spiro atoms. The van der Waals surface area contributed by atoms with Crippen molar-refractivity contribution in [3.63, 3.8) is 0 Å². The summed E-state index contributed by atoms with van der Waals surface area (Å²) in [6.45, 7) is 1.07. The fourth-order valence-corrected chi connectivity index (χ4v) is 4.92. The van der Waals surface area contributed by atoms with Crippen LogP contribution in [-0.2, 0) is 29.1 Å². The van der Waals surface area contributed by atoms with E-state index in [4.69, 9.17) is 9.84 Å². The summed E-state index contributed by atoms with van der Waals surface area (Å²) in [4.78, 5) is 27.0. The molecule has 0 aliphatic carbocycles. The molecule has 3 aromatic rings. The number of nitrogens with zero attached hydrogens (tertiary/aromatic N) is 3. The van der Waals surface area contributed by atoms with Crippen LogP contribution in [0.25, 0.3) is 10.9 Å². The lowest BCUT2D eigenvalue weighted by Crippen LogP contribution is -2.43. The normalized spacial score (nSPS) is 20.4. The maximum Gasteiger partial charge on any atom is 0.305 e. The first-order chi connectivity index (χ1) is 15.5. The number of aromatic nitrogens is 1. The predicted octanol–water partition coefficient (Wildman–Crippen LogP) is 2.02. The summed E-state index contributed by atoms with van der Waals surface area (Å²) in [6.07, 6.45) is -0.819. The summed E-state index contributed by atoms with van der Waals surface area (Å²) >= 11 is 0. The second-order valence-corrected chi connectivity index (χ2v) is 8.29. The maximum atomic E-state index is 13.0. The first kappa shape index (κ1) is 20.5. The molecule has 8 nitrogen and oxygen atoms in total. The van der Waals surface area contributed by atoms with Gasteiger partial charge >= 0.3 is 5.97 Å². The molecule has 0 saturated carbocycles. The van der Waals surface area contributed by atoms with Crippen molar-refractivity contribution < 1.29 is 24.5 Å². The molecule has 32 heavy (non-hydrogen) atoms. The van der Waals surface area contributed by atoms with E-state index < -0.39 is 18.4 Å². The van der Waals surface area contributed by atoms with E-state index in [1.54, 1.807) is 12.0 Å². The quantitative estimate of drug-likeness (QED) is 0.615. The standard InChI is InChI=1S/C24H25N3O5/c1-32-16-8-6-15(7-9-16)13-26-19-5-3-2-4-17(19)18-12-20-23(30)25(11-10-22(28)29)24(31)27(20)14-21(18)26/h2-9,20,24,31H,10-14H2,1H3,(H,28,29). The number of aliphatic hydroxyl groups excluding tert-OH is 1. The van der Waals surface area contributed by atoms with E-state index >= 15 is 0 Å². The number of aliphatic hydroxyl groups is 1. The van der Waals surface area contributed by atoms with Gasteiger partial charge in [0, 0.05) is 36.2 Å². The number of carboxylic acids is 1. The zero-order valence-corrected chi connectivity index (χ0v) is 17.8. The van der Waals surface area contributed by atoms with Crippen molar-refractivity contribution in [1.29, 1.82) is 0 Å². The predicted molar refractivity (Wildman–Crippen MR) is 117 cm³/mol. The van der Waals surface area contributed by atoms with E-state index in [0.29, 0.717) is 19.5 Å². The number of carbonyl (C=O) groups excluding carboxylic acids is 1. The van der Waals surface area contributed by atoms with Gasteiger partial charge in [0.1, 0.15) is 5.75 Å². The van der Waals surface area contributed by atoms with Gasteiger partial charge in [-0.1, -0.05) is 30.3 Å². The molecular weight excluding hydrogens is 410 g/mol. The van der Waals surface area contributed by atoms with E-state index in [9.17, 15) is 14.7 Å². The Morgan fingerprint density at radius 1 is 1.16 bits per heavy atom. The van der Waals surface area contributed by atoms with Crippen LogP contribution in [0.1, 0.15) is 23.2 Å². The highest BCUT2D eigenvalue weighted by atomic mass is 16.5. The lowest BCUT2D eigenvalue weighted by Gasteiger charge is -2.31. The lowest BCUT2D eigenvalue weighted by molar-refractivity contribution is -0.141. The molecule has 5 rings (SSSR count). The molecule has 0 bridgehead atoms. The molecule has 2 aliphatic heterocycles. The molecule has 2 aromatic carbocycles. The Hall–Kier alpha value is -3.36. The highest BCUT2D eigenvalue weighted by molar-refractivity contribution is 5.90. The molecule has 1 fully saturated rings. The summed E-state index contributed by atoms with van der Waals surface area (Å²) in [7, 11) is 1.64. The highest BCUT2D eigenvalue weighted by Crippen LogP contribution is 2.37. The van der Waals surface area contributed by atoms with Crippen LogP contribution in [-0.4, -0.2) is 62.5 Å². The zero-order valence-electron chi connectivity index (χ0n) is 17.8. The number of amides is 1. The Morgan fingerprint density at radius 2 is 1.91 bits per heavy atom. The minimum absolute atomic E-state index is 0.000844. The summed E-state index contributed by atoms with van der Waals surface area (Å²) < 4.78 is 7.51. The Labute approximate surface area is 185 Å². The molecule has 2 unspecified atom stereocenters. The van der Waals surface area contributed by atoms with Crippen LogP contribution in [0.2, 0.25) is 0 Å². The largest absolute Gasteiger partial charge is 0.497 e. The van der Waals surface area contributed by atoms with E-state index in [1.807, 2.05) is 36.4 Å². The molecule has 0 radical (unpaired) electrons. The van der Waals surface area contributed by atoms with Gasteiger partial charge in [-0.05, 0) is 35.7 Å². The van der Waals surface area contributed by atoms with Crippen LogP contribution < -0.4 is 4.74 Å². The molecule has 2 N–H and O–H groups in total. The molecule has 166 valence electrons. The van der Waals surface area contributed by atoms with Gasteiger partial charge in [0.25, 0.3) is 0 Å². The van der Waals surface area contributed by atoms with Gasteiger partial charge in [-0.2, -0.15) is 0 Å². The average Bonchev–Trinajstić information content (AvgIpc) is 3.23. The minimum Gasteiger partial charge on any atom is -0.497 e. The topological polar surface area (TPSA) is 95.2 Å². The van der Waals surface area contributed by atoms with Gasteiger partial charge in [-0.15, -0.1) is 0 Å². The zero-order chi connectivity index (χ0) is 22.4. The van der Waals surface area contributed by atoms with Crippen molar-refractivity contribution in [1.82, 2.24) is 14.4 Å². The molecule has 8 heteroatoms. The molecule has 1 amide bonds. The number of carbonyl (C=O) groups is 2. The molecular formula is C24H25N3O5. The van der Waals surface area contributed by atoms with Crippen molar-refractivity contribution >= 4 is 22.8 Å². The van der Waals surface area contributed by atoms with Crippen LogP contribution in [0.5, 0.6) is 5.75 Å². The number of hydrogen-bond acceptors (Lipinski definition) is 5. The molecule has 1 saturated heterocycles. The van der Waals surface area contributed by atoms with Crippen molar-refractivity contribution in [3.05, 3.63) is 65.4 Å². The number of aliphatic carboxylic acids is 1. The molecule has 3 heterocycles. The van der Waals surface area contributed by atoms with Crippen molar-refractivity contribution in [2.75, 3.05) is 13.7 Å². The fraction of sp³-hybridized carbons (Fsp3) is 0.333. The van der Waals surface area contributed by atoms with E-state index in [-0.39, 0.29) is 18.9 Å². The average molecular weight is 435 g/mol. The Morgan fingerprint density at radius 3 is 2.62 bits per heavy atom. The van der Waals surface area contributed by atoms with E-state index in [0.717, 1.165) is 33.5 Å². The van der Waals surface area contributed by atoms with E-state index in [2.05, 4.69) is 16.7 Å². The minimum atomic E-state index is -1.12. The van der Waals surface area contributed by atoms with Crippen LogP contribution in [0.3, 0.4) is 0 Å². The SMILES string of the molecule is COc1ccc(Cn2c3c(c4ccccc42)CC2C(=O)N(CCC(=O)O)C(O)N2C3)cc1. The van der Waals surface area contributed by atoms with Gasteiger partial charge in [-0.3, -0.25) is 9.59 Å². The number of ether oxygens (including phenoxy) is 1. The van der Waals surface area contributed by atoms with Gasteiger partial charge in [0.05, 0.1) is 19.6 Å². The highest BCUT2D eigenvalue weighted by Gasteiger charge is 2.48. The molecule has 1 aromatic heterocycles. The number of benzene rings is 2. The van der Waals surface area contributed by atoms with Crippen molar-refractivity contribution in [3.8, 4) is 5.75 Å². The summed E-state index contributed by atoms with van der Waals surface area (Å²) in [5.41, 5.74) is 4.41. The number of carboxylic acid groups (broad SMARTS) is 1. The smallest absolute Gasteiger partial charge is 0.305 e. The third-order valence-corrected chi connectivity index (χ3v) is 6.53. The number of para-hydroxylation sites is 1. The van der Waals surface area contributed by atoms with Gasteiger partial charge in [-0.25, -0.2) is 4.90 Å². The summed E-state index contributed by atoms with van der Waals surface area (Å²) in [5, 5.41) is 20.9. The van der Waals surface area contributed by atoms with Gasteiger partial charge < -0.3 is 24.4 Å². The summed E-state index contributed by atoms with van der Waals surface area (Å²) in [6, 6.07) is 15.6. The van der Waals surface area contributed by atoms with E-state index in [1.165, 1.54) is 4.90 Å². The number of methoxy groups -OCH3 is 1. The third-order valence-electron chi connectivity index (χ3n) is 6.53. The Balaban J connectivity index is 1.51. The Bertz CT molecular complexity index is 1190. The van der Waals surface area contributed by atoms with Crippen LogP contribution in [0, 0.1) is 0 Å². The Kier molecular flexibility index (Phi) is 5.11. The van der Waals surface area contributed by atoms with Crippen LogP contribution >= 0.6 is 0 Å². The van der Waals surface area contributed by atoms with Crippen molar-refractivity contribution in [2.24, 2.45) is 0 Å². The maximum absolute atomic E-state index is 13.0. The molecule has 2 atom stereocenters. The third kappa shape index (κ3) is 3.32. The fourth-order valence-electron chi connectivity index (χ4n) is 4.92. The van der Waals surface area contributed by atoms with Gasteiger partial charge in [0.15, 0.2) is 6.35 Å². The van der Waals surface area contributed by atoms with Crippen LogP contribution in [0.4, 0.5) is 0 Å². The monoisotopic (exact) mass is 435 g/mol. The number of hydrogen-bond donors (Lipinski definition) is 2. The first-order valence-corrected chi connectivity index (χ1v) is 10.7. The molecule has 2 aliphatic rings. The number of fused-ring (bicyclic) bond motifs is 4. The lowest BCUT2D eigenvalue weighted by atomic mass is 9.97. The van der Waals surface area contributed by atoms with Gasteiger partial charge in [0.2, 0.25) is 5.91 Å². The number of rotatable bonds is 6.